The number of nitrogens with zero attached hydrogens (tertiary/aromatic N) is 1. The third kappa shape index (κ3) is 3.22. The lowest BCUT2D eigenvalue weighted by Gasteiger charge is -2.26. The van der Waals surface area contributed by atoms with Crippen LogP contribution < -0.4 is 5.32 Å². The van der Waals surface area contributed by atoms with Gasteiger partial charge >= 0.3 is 0 Å². The smallest absolute Gasteiger partial charge is 0.232 e. The van der Waals surface area contributed by atoms with Gasteiger partial charge in [-0.2, -0.15) is 0 Å². The summed E-state index contributed by atoms with van der Waals surface area (Å²) in [5.74, 6) is -0.110. The molecule has 84 valence electrons. The van der Waals surface area contributed by atoms with Crippen LogP contribution in [0.1, 0.15) is 38.5 Å². The van der Waals surface area contributed by atoms with E-state index in [1.165, 1.54) is 6.42 Å². The number of nitrogens with one attached hydrogen (secondary N) is 1. The minimum Gasteiger partial charge on any atom is -0.353 e. The van der Waals surface area contributed by atoms with Crippen LogP contribution in [0.25, 0.3) is 0 Å². The van der Waals surface area contributed by atoms with E-state index < -0.39 is 0 Å². The number of carbonyl (C=O) groups excluding carboxylic acids is 2. The molecule has 4 nitrogen and oxygen atoms in total. The molecular formula is C11H18N2O2. The van der Waals surface area contributed by atoms with Gasteiger partial charge in [-0.3, -0.25) is 9.59 Å². The molecule has 0 aromatic heterocycles. The summed E-state index contributed by atoms with van der Waals surface area (Å²) in [7, 11) is 0. The van der Waals surface area contributed by atoms with Crippen LogP contribution in [0, 0.1) is 0 Å². The maximum Gasteiger partial charge on any atom is 0.232 e. The van der Waals surface area contributed by atoms with Crippen molar-refractivity contribution in [2.24, 2.45) is 0 Å². The summed E-state index contributed by atoms with van der Waals surface area (Å²) in [5, 5.41) is 2.84. The summed E-state index contributed by atoms with van der Waals surface area (Å²) in [6, 6.07) is 0.353. The summed E-state index contributed by atoms with van der Waals surface area (Å²) < 4.78 is 0. The zero-order valence-corrected chi connectivity index (χ0v) is 9.00. The molecule has 15 heavy (non-hydrogen) atoms. The van der Waals surface area contributed by atoms with E-state index in [0.29, 0.717) is 6.04 Å². The molecule has 1 aliphatic carbocycles. The highest BCUT2D eigenvalue weighted by Crippen LogP contribution is 2.18. The first-order valence-corrected chi connectivity index (χ1v) is 5.83. The molecule has 2 aliphatic rings. The molecule has 0 unspecified atom stereocenters. The van der Waals surface area contributed by atoms with Gasteiger partial charge in [-0.15, -0.1) is 0 Å². The van der Waals surface area contributed by atoms with Crippen LogP contribution in [0.2, 0.25) is 0 Å². The van der Waals surface area contributed by atoms with Crippen molar-refractivity contribution >= 4 is 11.8 Å². The molecule has 0 spiro atoms. The van der Waals surface area contributed by atoms with Crippen LogP contribution in [-0.4, -0.2) is 35.8 Å². The number of piperidine rings is 1. The van der Waals surface area contributed by atoms with Crippen molar-refractivity contribution in [3.63, 3.8) is 0 Å². The Balaban J connectivity index is 1.71. The number of hydrogen-bond acceptors (Lipinski definition) is 2. The highest BCUT2D eigenvalue weighted by Gasteiger charge is 2.25. The predicted molar refractivity (Wildman–Crippen MR) is 56.2 cm³/mol. The number of carbonyl (C=O) groups is 2. The fourth-order valence-electron chi connectivity index (χ4n) is 1.90. The Morgan fingerprint density at radius 3 is 2.40 bits per heavy atom. The zero-order valence-electron chi connectivity index (χ0n) is 9.00. The van der Waals surface area contributed by atoms with Gasteiger partial charge in [0, 0.05) is 19.1 Å². The summed E-state index contributed by atoms with van der Waals surface area (Å²) >= 11 is 0. The second-order valence-electron chi connectivity index (χ2n) is 4.46. The fraction of sp³-hybridized carbons (Fsp3) is 0.818. The van der Waals surface area contributed by atoms with Crippen molar-refractivity contribution in [2.75, 3.05) is 13.1 Å². The van der Waals surface area contributed by atoms with Gasteiger partial charge in [-0.25, -0.2) is 0 Å². The third-order valence-corrected chi connectivity index (χ3v) is 2.96. The molecule has 2 rings (SSSR count). The van der Waals surface area contributed by atoms with Crippen molar-refractivity contribution in [1.29, 1.82) is 0 Å². The van der Waals surface area contributed by atoms with Crippen molar-refractivity contribution < 1.29 is 9.59 Å². The highest BCUT2D eigenvalue weighted by molar-refractivity contribution is 5.97. The highest BCUT2D eigenvalue weighted by atomic mass is 16.2. The van der Waals surface area contributed by atoms with Gasteiger partial charge in [0.2, 0.25) is 11.8 Å². The van der Waals surface area contributed by atoms with Crippen molar-refractivity contribution in [3.05, 3.63) is 0 Å². The molecule has 0 bridgehead atoms. The summed E-state index contributed by atoms with van der Waals surface area (Å²) in [4.78, 5) is 24.9. The first-order valence-electron chi connectivity index (χ1n) is 5.83. The molecule has 1 saturated heterocycles. The van der Waals surface area contributed by atoms with Crippen LogP contribution in [0.4, 0.5) is 0 Å². The van der Waals surface area contributed by atoms with E-state index in [4.69, 9.17) is 0 Å². The largest absolute Gasteiger partial charge is 0.353 e. The van der Waals surface area contributed by atoms with E-state index in [9.17, 15) is 9.59 Å². The Morgan fingerprint density at radius 2 is 1.80 bits per heavy atom. The monoisotopic (exact) mass is 210 g/mol. The van der Waals surface area contributed by atoms with E-state index in [1.54, 1.807) is 0 Å². The normalized spacial score (nSPS) is 21.2. The molecule has 0 atom stereocenters. The van der Waals surface area contributed by atoms with Crippen LogP contribution in [-0.2, 0) is 9.59 Å². The topological polar surface area (TPSA) is 49.4 Å². The predicted octanol–water partition coefficient (Wildman–Crippen LogP) is 0.668. The summed E-state index contributed by atoms with van der Waals surface area (Å²) in [6.45, 7) is 1.66. The number of rotatable bonds is 3. The second kappa shape index (κ2) is 4.64. The lowest BCUT2D eigenvalue weighted by atomic mass is 10.1. The van der Waals surface area contributed by atoms with Crippen molar-refractivity contribution in [3.8, 4) is 0 Å². The maximum atomic E-state index is 11.7. The summed E-state index contributed by atoms with van der Waals surface area (Å²) in [6.07, 6.45) is 5.55. The maximum absolute atomic E-state index is 11.7. The molecule has 1 N–H and O–H groups in total. The van der Waals surface area contributed by atoms with Crippen LogP contribution in [0.5, 0.6) is 0 Å². The minimum atomic E-state index is -0.104. The lowest BCUT2D eigenvalue weighted by Crippen LogP contribution is -2.39. The quantitative estimate of drug-likeness (QED) is 0.696. The first-order chi connectivity index (χ1) is 7.25. The Bertz CT molecular complexity index is 255. The standard InChI is InChI=1S/C11H18N2O2/c14-10(12-9-4-5-9)8-11(15)13-6-2-1-3-7-13/h9H,1-8H2,(H,12,14). The Kier molecular flexibility index (Phi) is 3.23. The molecule has 1 saturated carbocycles. The average molecular weight is 210 g/mol. The Hall–Kier alpha value is -1.06. The van der Waals surface area contributed by atoms with Gasteiger partial charge in [0.25, 0.3) is 0 Å². The van der Waals surface area contributed by atoms with Crippen LogP contribution in [0.15, 0.2) is 0 Å². The van der Waals surface area contributed by atoms with Gasteiger partial charge in [-0.05, 0) is 32.1 Å². The molecular weight excluding hydrogens is 192 g/mol. The Labute approximate surface area is 90.0 Å². The van der Waals surface area contributed by atoms with Gasteiger partial charge in [0.05, 0.1) is 0 Å². The number of likely N-dealkylation sites (tertiary alicyclic amines) is 1. The first kappa shape index (κ1) is 10.5. The van der Waals surface area contributed by atoms with E-state index in [1.807, 2.05) is 4.90 Å². The molecule has 0 aromatic rings. The molecule has 1 aliphatic heterocycles. The zero-order chi connectivity index (χ0) is 10.7. The average Bonchev–Trinajstić information content (AvgIpc) is 3.03. The molecule has 4 heteroatoms. The van der Waals surface area contributed by atoms with Gasteiger partial charge in [-0.1, -0.05) is 0 Å². The molecule has 2 amide bonds. The van der Waals surface area contributed by atoms with E-state index in [2.05, 4.69) is 5.32 Å². The van der Waals surface area contributed by atoms with Gasteiger partial charge in [0.1, 0.15) is 6.42 Å². The van der Waals surface area contributed by atoms with Gasteiger partial charge < -0.3 is 10.2 Å². The number of hydrogen-bond donors (Lipinski definition) is 1. The van der Waals surface area contributed by atoms with E-state index in [0.717, 1.165) is 38.8 Å². The van der Waals surface area contributed by atoms with E-state index in [-0.39, 0.29) is 18.2 Å². The van der Waals surface area contributed by atoms with Gasteiger partial charge in [0.15, 0.2) is 0 Å². The van der Waals surface area contributed by atoms with Crippen LogP contribution >= 0.6 is 0 Å². The molecule has 1 heterocycles. The third-order valence-electron chi connectivity index (χ3n) is 2.96. The van der Waals surface area contributed by atoms with E-state index >= 15 is 0 Å². The lowest BCUT2D eigenvalue weighted by molar-refractivity contribution is -0.136. The summed E-state index contributed by atoms with van der Waals surface area (Å²) in [5.41, 5.74) is 0. The SMILES string of the molecule is O=C(CC(=O)N1CCCCC1)NC1CC1. The molecule has 0 radical (unpaired) electrons. The minimum absolute atomic E-state index is 0.00662. The second-order valence-corrected chi connectivity index (χ2v) is 4.46. The molecule has 0 aromatic carbocycles. The Morgan fingerprint density at radius 1 is 1.13 bits per heavy atom. The fourth-order valence-corrected chi connectivity index (χ4v) is 1.90. The van der Waals surface area contributed by atoms with Crippen LogP contribution in [0.3, 0.4) is 0 Å². The van der Waals surface area contributed by atoms with Crippen molar-refractivity contribution in [1.82, 2.24) is 10.2 Å². The van der Waals surface area contributed by atoms with Crippen molar-refractivity contribution in [2.45, 2.75) is 44.6 Å². The molecule has 2 fully saturated rings. The number of amides is 2.